The molecule has 106 valence electrons. The molecule has 1 N–H and O–H groups in total. The molecule has 3 nitrogen and oxygen atoms in total. The van der Waals surface area contributed by atoms with Crippen molar-refractivity contribution in [2.75, 3.05) is 19.6 Å². The van der Waals surface area contributed by atoms with Gasteiger partial charge in [0.1, 0.15) is 0 Å². The van der Waals surface area contributed by atoms with Crippen LogP contribution in [0.1, 0.15) is 53.9 Å². The van der Waals surface area contributed by atoms with Gasteiger partial charge in [0, 0.05) is 19.1 Å². The molecule has 1 atom stereocenters. The molecule has 3 heteroatoms. The lowest BCUT2D eigenvalue weighted by Crippen LogP contribution is -2.49. The topological polar surface area (TPSA) is 32.3 Å². The van der Waals surface area contributed by atoms with E-state index in [1.165, 1.54) is 0 Å². The van der Waals surface area contributed by atoms with Crippen LogP contribution in [-0.4, -0.2) is 36.5 Å². The van der Waals surface area contributed by atoms with Gasteiger partial charge in [0.2, 0.25) is 5.91 Å². The molecule has 1 aliphatic rings. The van der Waals surface area contributed by atoms with Crippen molar-refractivity contribution in [3.63, 3.8) is 0 Å². The Morgan fingerprint density at radius 1 is 1.33 bits per heavy atom. The molecule has 0 aromatic heterocycles. The van der Waals surface area contributed by atoms with Crippen molar-refractivity contribution in [1.82, 2.24) is 10.2 Å². The van der Waals surface area contributed by atoms with Crippen molar-refractivity contribution in [3.8, 4) is 0 Å². The number of nitrogens with zero attached hydrogens (tertiary/aromatic N) is 1. The highest BCUT2D eigenvalue weighted by molar-refractivity contribution is 5.83. The van der Waals surface area contributed by atoms with Gasteiger partial charge in [0.15, 0.2) is 0 Å². The summed E-state index contributed by atoms with van der Waals surface area (Å²) in [6, 6.07) is 0.300. The van der Waals surface area contributed by atoms with Gasteiger partial charge in [-0.15, -0.1) is 0 Å². The van der Waals surface area contributed by atoms with Gasteiger partial charge < -0.3 is 10.2 Å². The first kappa shape index (κ1) is 15.5. The van der Waals surface area contributed by atoms with Crippen molar-refractivity contribution >= 4 is 5.91 Å². The Balaban J connectivity index is 2.85. The van der Waals surface area contributed by atoms with E-state index in [2.05, 4.69) is 44.8 Å². The zero-order valence-electron chi connectivity index (χ0n) is 12.8. The fraction of sp³-hybridized carbons (Fsp3) is 0.933. The Hall–Kier alpha value is -0.570. The molecule has 0 aliphatic carbocycles. The molecule has 1 saturated heterocycles. The SMILES string of the molecule is CCCC1(C(=O)N(CC(C)C)C(C)C)CCNC1. The van der Waals surface area contributed by atoms with E-state index in [9.17, 15) is 4.79 Å². The molecule has 1 amide bonds. The zero-order valence-corrected chi connectivity index (χ0v) is 12.8. The quantitative estimate of drug-likeness (QED) is 0.790. The fourth-order valence-corrected chi connectivity index (χ4v) is 2.95. The second-order valence-corrected chi connectivity index (χ2v) is 6.40. The summed E-state index contributed by atoms with van der Waals surface area (Å²) in [6.07, 6.45) is 3.10. The Morgan fingerprint density at radius 3 is 2.39 bits per heavy atom. The molecule has 18 heavy (non-hydrogen) atoms. The summed E-state index contributed by atoms with van der Waals surface area (Å²) < 4.78 is 0. The lowest BCUT2D eigenvalue weighted by atomic mass is 9.80. The van der Waals surface area contributed by atoms with Crippen LogP contribution in [0.4, 0.5) is 0 Å². The number of hydrogen-bond acceptors (Lipinski definition) is 2. The number of rotatable bonds is 6. The molecule has 0 aromatic carbocycles. The van der Waals surface area contributed by atoms with Crippen LogP contribution in [0.2, 0.25) is 0 Å². The highest BCUT2D eigenvalue weighted by Crippen LogP contribution is 2.34. The van der Waals surface area contributed by atoms with Crippen LogP contribution in [0.15, 0.2) is 0 Å². The summed E-state index contributed by atoms with van der Waals surface area (Å²) in [4.78, 5) is 15.0. The first-order chi connectivity index (χ1) is 8.43. The van der Waals surface area contributed by atoms with Gasteiger partial charge in [-0.2, -0.15) is 0 Å². The maximum atomic E-state index is 12.9. The van der Waals surface area contributed by atoms with Crippen molar-refractivity contribution in [2.45, 2.75) is 59.9 Å². The summed E-state index contributed by atoms with van der Waals surface area (Å²) in [6.45, 7) is 13.5. The van der Waals surface area contributed by atoms with Gasteiger partial charge in [-0.25, -0.2) is 0 Å². The second kappa shape index (κ2) is 6.55. The predicted molar refractivity (Wildman–Crippen MR) is 76.5 cm³/mol. The van der Waals surface area contributed by atoms with Crippen LogP contribution in [0, 0.1) is 11.3 Å². The summed E-state index contributed by atoms with van der Waals surface area (Å²) in [5, 5.41) is 3.38. The zero-order chi connectivity index (χ0) is 13.8. The molecule has 0 aromatic rings. The molecule has 1 unspecified atom stereocenters. The van der Waals surface area contributed by atoms with Gasteiger partial charge in [-0.05, 0) is 39.2 Å². The van der Waals surface area contributed by atoms with E-state index in [1.807, 2.05) is 0 Å². The first-order valence-electron chi connectivity index (χ1n) is 7.44. The summed E-state index contributed by atoms with van der Waals surface area (Å²) >= 11 is 0. The molecule has 0 bridgehead atoms. The van der Waals surface area contributed by atoms with E-state index in [0.717, 1.165) is 38.9 Å². The fourth-order valence-electron chi connectivity index (χ4n) is 2.95. The average molecular weight is 254 g/mol. The van der Waals surface area contributed by atoms with Crippen molar-refractivity contribution in [3.05, 3.63) is 0 Å². The number of amides is 1. The van der Waals surface area contributed by atoms with E-state index in [0.29, 0.717) is 17.9 Å². The largest absolute Gasteiger partial charge is 0.339 e. The van der Waals surface area contributed by atoms with Gasteiger partial charge >= 0.3 is 0 Å². The Bertz CT molecular complexity index is 268. The van der Waals surface area contributed by atoms with Crippen LogP contribution in [0.5, 0.6) is 0 Å². The van der Waals surface area contributed by atoms with Gasteiger partial charge in [-0.1, -0.05) is 27.2 Å². The Kier molecular flexibility index (Phi) is 5.64. The third-order valence-electron chi connectivity index (χ3n) is 3.87. The maximum absolute atomic E-state index is 12.9. The molecule has 0 spiro atoms. The monoisotopic (exact) mass is 254 g/mol. The maximum Gasteiger partial charge on any atom is 0.230 e. The number of carbonyl (C=O) groups is 1. The van der Waals surface area contributed by atoms with Crippen molar-refractivity contribution < 1.29 is 4.79 Å². The van der Waals surface area contributed by atoms with Crippen LogP contribution < -0.4 is 5.32 Å². The van der Waals surface area contributed by atoms with E-state index in [-0.39, 0.29) is 5.41 Å². The smallest absolute Gasteiger partial charge is 0.230 e. The van der Waals surface area contributed by atoms with Crippen LogP contribution in [0.3, 0.4) is 0 Å². The highest BCUT2D eigenvalue weighted by Gasteiger charge is 2.43. The van der Waals surface area contributed by atoms with Crippen LogP contribution in [-0.2, 0) is 4.79 Å². The lowest BCUT2D eigenvalue weighted by Gasteiger charge is -2.37. The Labute approximate surface area is 112 Å². The van der Waals surface area contributed by atoms with Crippen LogP contribution in [0.25, 0.3) is 0 Å². The number of hydrogen-bond donors (Lipinski definition) is 1. The van der Waals surface area contributed by atoms with Crippen LogP contribution >= 0.6 is 0 Å². The van der Waals surface area contributed by atoms with Gasteiger partial charge in [0.25, 0.3) is 0 Å². The minimum Gasteiger partial charge on any atom is -0.339 e. The molecular formula is C15H30N2O. The Morgan fingerprint density at radius 2 is 2.00 bits per heavy atom. The predicted octanol–water partition coefficient (Wildman–Crippen LogP) is 2.66. The van der Waals surface area contributed by atoms with E-state index in [4.69, 9.17) is 0 Å². The minimum atomic E-state index is -0.131. The standard InChI is InChI=1S/C15H30N2O/c1-6-7-15(8-9-16-11-15)14(18)17(13(4)5)10-12(2)3/h12-13,16H,6-11H2,1-5H3. The molecule has 0 radical (unpaired) electrons. The van der Waals surface area contributed by atoms with Gasteiger partial charge in [-0.3, -0.25) is 4.79 Å². The lowest BCUT2D eigenvalue weighted by molar-refractivity contribution is -0.144. The molecular weight excluding hydrogens is 224 g/mol. The van der Waals surface area contributed by atoms with E-state index in [1.54, 1.807) is 0 Å². The number of carbonyl (C=O) groups excluding carboxylic acids is 1. The summed E-state index contributed by atoms with van der Waals surface area (Å²) in [7, 11) is 0. The molecule has 0 saturated carbocycles. The average Bonchev–Trinajstić information content (AvgIpc) is 2.74. The summed E-state index contributed by atoms with van der Waals surface area (Å²) in [5.74, 6) is 0.905. The van der Waals surface area contributed by atoms with E-state index >= 15 is 0 Å². The molecule has 1 aliphatic heterocycles. The molecule has 1 heterocycles. The highest BCUT2D eigenvalue weighted by atomic mass is 16.2. The molecule has 1 fully saturated rings. The van der Waals surface area contributed by atoms with Gasteiger partial charge in [0.05, 0.1) is 5.41 Å². The second-order valence-electron chi connectivity index (χ2n) is 6.40. The van der Waals surface area contributed by atoms with E-state index < -0.39 is 0 Å². The summed E-state index contributed by atoms with van der Waals surface area (Å²) in [5.41, 5.74) is -0.131. The molecule has 1 rings (SSSR count). The minimum absolute atomic E-state index is 0.131. The first-order valence-corrected chi connectivity index (χ1v) is 7.44. The normalized spacial score (nSPS) is 23.9. The van der Waals surface area contributed by atoms with Crippen molar-refractivity contribution in [1.29, 1.82) is 0 Å². The third-order valence-corrected chi connectivity index (χ3v) is 3.87. The van der Waals surface area contributed by atoms with Crippen molar-refractivity contribution in [2.24, 2.45) is 11.3 Å². The third kappa shape index (κ3) is 3.47. The number of nitrogens with one attached hydrogen (secondary N) is 1.